The van der Waals surface area contributed by atoms with Crippen molar-refractivity contribution in [3.63, 3.8) is 0 Å². The number of thiophene rings is 1. The summed E-state index contributed by atoms with van der Waals surface area (Å²) in [6.07, 6.45) is 1.25. The van der Waals surface area contributed by atoms with Crippen molar-refractivity contribution in [2.75, 3.05) is 5.32 Å². The molecule has 0 aliphatic carbocycles. The summed E-state index contributed by atoms with van der Waals surface area (Å²) in [6.45, 7) is 6.01. The number of aromatic nitrogens is 2. The number of benzene rings is 2. The Labute approximate surface area is 174 Å². The lowest BCUT2D eigenvalue weighted by atomic mass is 10.0. The van der Waals surface area contributed by atoms with Crippen molar-refractivity contribution in [2.24, 2.45) is 0 Å². The molecule has 146 valence electrons. The van der Waals surface area contributed by atoms with Gasteiger partial charge >= 0.3 is 0 Å². The van der Waals surface area contributed by atoms with Gasteiger partial charge in [0.05, 0.1) is 16.7 Å². The Hall–Kier alpha value is -3.02. The number of rotatable bonds is 5. The van der Waals surface area contributed by atoms with E-state index >= 15 is 0 Å². The van der Waals surface area contributed by atoms with Gasteiger partial charge in [0.25, 0.3) is 0 Å². The Morgan fingerprint density at radius 1 is 0.966 bits per heavy atom. The van der Waals surface area contributed by atoms with Crippen LogP contribution in [0.1, 0.15) is 29.7 Å². The molecule has 4 nitrogen and oxygen atoms in total. The fourth-order valence-electron chi connectivity index (χ4n) is 3.18. The van der Waals surface area contributed by atoms with Crippen molar-refractivity contribution >= 4 is 23.0 Å². The van der Waals surface area contributed by atoms with Crippen molar-refractivity contribution in [1.29, 1.82) is 0 Å². The van der Waals surface area contributed by atoms with Gasteiger partial charge in [0, 0.05) is 16.8 Å². The Bertz CT molecular complexity index is 1150. The zero-order valence-electron chi connectivity index (χ0n) is 16.7. The summed E-state index contributed by atoms with van der Waals surface area (Å²) in [6, 6.07) is 20.4. The zero-order valence-corrected chi connectivity index (χ0v) is 17.5. The molecule has 0 bridgehead atoms. The van der Waals surface area contributed by atoms with Crippen LogP contribution in [0.2, 0.25) is 0 Å². The molecule has 2 N–H and O–H groups in total. The van der Waals surface area contributed by atoms with Crippen molar-refractivity contribution < 1.29 is 5.11 Å². The van der Waals surface area contributed by atoms with Crippen LogP contribution in [0.5, 0.6) is 0 Å². The molecular weight excluding hydrogens is 378 g/mol. The van der Waals surface area contributed by atoms with E-state index in [0.29, 0.717) is 5.95 Å². The van der Waals surface area contributed by atoms with Gasteiger partial charge in [-0.25, -0.2) is 9.97 Å². The van der Waals surface area contributed by atoms with Crippen molar-refractivity contribution in [3.05, 3.63) is 83.6 Å². The number of aliphatic hydroxyl groups is 1. The normalized spacial score (nSPS) is 12.0. The molecule has 0 radical (unpaired) electrons. The highest BCUT2D eigenvalue weighted by molar-refractivity contribution is 7.18. The molecule has 0 saturated carbocycles. The summed E-state index contributed by atoms with van der Waals surface area (Å²) in [7, 11) is 0. The molecule has 0 aliphatic rings. The highest BCUT2D eigenvalue weighted by atomic mass is 32.1. The maximum absolute atomic E-state index is 9.78. The summed E-state index contributed by atoms with van der Waals surface area (Å²) in [5.41, 5.74) is 6.38. The third kappa shape index (κ3) is 4.36. The summed E-state index contributed by atoms with van der Waals surface area (Å²) in [5.74, 6) is 0.534. The highest BCUT2D eigenvalue weighted by Crippen LogP contribution is 2.35. The Morgan fingerprint density at radius 2 is 1.79 bits per heavy atom. The number of hydrogen-bond donors (Lipinski definition) is 2. The molecule has 0 amide bonds. The lowest BCUT2D eigenvalue weighted by molar-refractivity contribution is 0.199. The van der Waals surface area contributed by atoms with E-state index in [1.165, 1.54) is 21.6 Å². The third-order valence-electron chi connectivity index (χ3n) is 4.80. The SMILES string of the molecule is Cc1ccc(C)c(-c2ccc(-c3ccnc(Nc4cccc(C(C)O)c4)n3)s2)c1. The van der Waals surface area contributed by atoms with Crippen molar-refractivity contribution in [1.82, 2.24) is 9.97 Å². The molecule has 1 atom stereocenters. The minimum atomic E-state index is -0.515. The Balaban J connectivity index is 1.60. The van der Waals surface area contributed by atoms with Gasteiger partial charge in [-0.2, -0.15) is 0 Å². The molecule has 4 rings (SSSR count). The smallest absolute Gasteiger partial charge is 0.227 e. The number of aliphatic hydroxyl groups excluding tert-OH is 1. The van der Waals surface area contributed by atoms with Gasteiger partial charge in [-0.3, -0.25) is 0 Å². The number of aryl methyl sites for hydroxylation is 2. The largest absolute Gasteiger partial charge is 0.389 e. The van der Waals surface area contributed by atoms with Crippen molar-refractivity contribution in [2.45, 2.75) is 26.9 Å². The molecule has 1 unspecified atom stereocenters. The van der Waals surface area contributed by atoms with Gasteiger partial charge in [-0.15, -0.1) is 11.3 Å². The van der Waals surface area contributed by atoms with Crippen LogP contribution in [0.3, 0.4) is 0 Å². The van der Waals surface area contributed by atoms with Gasteiger partial charge < -0.3 is 10.4 Å². The molecule has 0 fully saturated rings. The van der Waals surface area contributed by atoms with E-state index in [0.717, 1.165) is 21.8 Å². The second-order valence-corrected chi connectivity index (χ2v) is 8.26. The van der Waals surface area contributed by atoms with Crippen LogP contribution >= 0.6 is 11.3 Å². The quantitative estimate of drug-likeness (QED) is 0.413. The van der Waals surface area contributed by atoms with Gasteiger partial charge in [0.1, 0.15) is 0 Å². The van der Waals surface area contributed by atoms with E-state index in [1.807, 2.05) is 30.3 Å². The van der Waals surface area contributed by atoms with Crippen LogP contribution in [0.15, 0.2) is 66.9 Å². The standard InChI is InChI=1S/C24H23N3OS/c1-15-7-8-16(2)20(13-15)22-9-10-23(29-22)21-11-12-25-24(27-21)26-19-6-4-5-18(14-19)17(3)28/h4-14,17,28H,1-3H3,(H,25,26,27). The zero-order chi connectivity index (χ0) is 20.4. The van der Waals surface area contributed by atoms with Crippen LogP contribution in [0.4, 0.5) is 11.6 Å². The van der Waals surface area contributed by atoms with Crippen LogP contribution in [0, 0.1) is 13.8 Å². The first kappa shape index (κ1) is 19.3. The lowest BCUT2D eigenvalue weighted by Crippen LogP contribution is -1.99. The van der Waals surface area contributed by atoms with Gasteiger partial charge in [-0.1, -0.05) is 35.9 Å². The second kappa shape index (κ2) is 8.15. The number of anilines is 2. The van der Waals surface area contributed by atoms with E-state index in [4.69, 9.17) is 0 Å². The van der Waals surface area contributed by atoms with Crippen LogP contribution in [-0.4, -0.2) is 15.1 Å². The van der Waals surface area contributed by atoms with E-state index in [2.05, 4.69) is 59.5 Å². The minimum Gasteiger partial charge on any atom is -0.389 e. The van der Waals surface area contributed by atoms with E-state index in [-0.39, 0.29) is 0 Å². The average molecular weight is 402 g/mol. The summed E-state index contributed by atoms with van der Waals surface area (Å²) < 4.78 is 0. The van der Waals surface area contributed by atoms with E-state index in [9.17, 15) is 5.11 Å². The first-order chi connectivity index (χ1) is 14.0. The number of hydrogen-bond acceptors (Lipinski definition) is 5. The van der Waals surface area contributed by atoms with E-state index < -0.39 is 6.10 Å². The molecule has 29 heavy (non-hydrogen) atoms. The topological polar surface area (TPSA) is 58.0 Å². The van der Waals surface area contributed by atoms with Crippen LogP contribution in [-0.2, 0) is 0 Å². The Kier molecular flexibility index (Phi) is 5.43. The van der Waals surface area contributed by atoms with Crippen LogP contribution < -0.4 is 5.32 Å². The number of nitrogens with one attached hydrogen (secondary N) is 1. The first-order valence-corrected chi connectivity index (χ1v) is 10.4. The predicted molar refractivity (Wildman–Crippen MR) is 121 cm³/mol. The molecule has 5 heteroatoms. The molecular formula is C24H23N3OS. The lowest BCUT2D eigenvalue weighted by Gasteiger charge is -2.09. The molecule has 0 spiro atoms. The average Bonchev–Trinajstić information content (AvgIpc) is 3.20. The fraction of sp³-hybridized carbons (Fsp3) is 0.167. The van der Waals surface area contributed by atoms with Gasteiger partial charge in [-0.05, 0) is 67.8 Å². The fourth-order valence-corrected chi connectivity index (χ4v) is 4.24. The van der Waals surface area contributed by atoms with Gasteiger partial charge in [0.15, 0.2) is 0 Å². The predicted octanol–water partition coefficient (Wildman–Crippen LogP) is 6.29. The molecule has 0 aliphatic heterocycles. The Morgan fingerprint density at radius 3 is 2.62 bits per heavy atom. The van der Waals surface area contributed by atoms with Gasteiger partial charge in [0.2, 0.25) is 5.95 Å². The summed E-state index contributed by atoms with van der Waals surface area (Å²) in [5, 5.41) is 13.0. The molecule has 2 aromatic carbocycles. The third-order valence-corrected chi connectivity index (χ3v) is 5.94. The van der Waals surface area contributed by atoms with E-state index in [1.54, 1.807) is 24.5 Å². The molecule has 2 heterocycles. The summed E-state index contributed by atoms with van der Waals surface area (Å²) in [4.78, 5) is 11.4. The maximum atomic E-state index is 9.78. The maximum Gasteiger partial charge on any atom is 0.227 e. The molecule has 4 aromatic rings. The molecule has 0 saturated heterocycles. The van der Waals surface area contributed by atoms with Crippen LogP contribution in [0.25, 0.3) is 21.0 Å². The summed E-state index contributed by atoms with van der Waals surface area (Å²) >= 11 is 1.73. The monoisotopic (exact) mass is 401 g/mol. The first-order valence-electron chi connectivity index (χ1n) is 9.55. The molecule has 2 aromatic heterocycles. The number of nitrogens with zero attached hydrogens (tertiary/aromatic N) is 2. The highest BCUT2D eigenvalue weighted by Gasteiger charge is 2.10. The van der Waals surface area contributed by atoms with Crippen molar-refractivity contribution in [3.8, 4) is 21.0 Å². The second-order valence-electron chi connectivity index (χ2n) is 7.17. The minimum absolute atomic E-state index is 0.515.